The molecule has 0 radical (unpaired) electrons. The maximum atomic E-state index is 13.1. The lowest BCUT2D eigenvalue weighted by Crippen LogP contribution is -2.46. The van der Waals surface area contributed by atoms with Crippen LogP contribution in [0.5, 0.6) is 0 Å². The molecule has 0 aliphatic carbocycles. The Balaban J connectivity index is 2.14. The number of benzene rings is 2. The normalized spacial score (nSPS) is 13.4. The molecule has 2 aromatic rings. The standard InChI is InChI=1S/C17H13F6NO/c18-16(19,20)13-8-6-12(7-9-13)15(25)24-14(17(21,22)23)10-11-4-2-1-3-5-11/h1-9,14H,10H2,(H,24,25)/t14-/m1/s1. The van der Waals surface area contributed by atoms with E-state index in [0.29, 0.717) is 17.7 Å². The van der Waals surface area contributed by atoms with E-state index in [4.69, 9.17) is 0 Å². The summed E-state index contributed by atoms with van der Waals surface area (Å²) in [6, 6.07) is 8.59. The summed E-state index contributed by atoms with van der Waals surface area (Å²) in [5.41, 5.74) is -0.895. The van der Waals surface area contributed by atoms with Crippen molar-refractivity contribution in [3.05, 3.63) is 71.3 Å². The number of amides is 1. The summed E-state index contributed by atoms with van der Waals surface area (Å²) in [6.07, 6.45) is -9.76. The first kappa shape index (κ1) is 18.8. The topological polar surface area (TPSA) is 29.1 Å². The van der Waals surface area contributed by atoms with E-state index in [2.05, 4.69) is 0 Å². The van der Waals surface area contributed by atoms with Gasteiger partial charge in [-0.15, -0.1) is 0 Å². The summed E-state index contributed by atoms with van der Waals surface area (Å²) in [4.78, 5) is 12.0. The van der Waals surface area contributed by atoms with Gasteiger partial charge in [-0.1, -0.05) is 30.3 Å². The number of nitrogens with one attached hydrogen (secondary N) is 1. The summed E-state index contributed by atoms with van der Waals surface area (Å²) >= 11 is 0. The maximum absolute atomic E-state index is 13.1. The van der Waals surface area contributed by atoms with Gasteiger partial charge in [0.25, 0.3) is 5.91 Å². The second-order valence-corrected chi connectivity index (χ2v) is 5.33. The van der Waals surface area contributed by atoms with E-state index in [1.807, 2.05) is 5.32 Å². The van der Waals surface area contributed by atoms with Crippen molar-refractivity contribution >= 4 is 5.91 Å². The molecule has 1 N–H and O–H groups in total. The fraction of sp³-hybridized carbons (Fsp3) is 0.235. The van der Waals surface area contributed by atoms with Crippen LogP contribution in [0.1, 0.15) is 21.5 Å². The van der Waals surface area contributed by atoms with Crippen molar-refractivity contribution in [3.63, 3.8) is 0 Å². The highest BCUT2D eigenvalue weighted by molar-refractivity contribution is 5.94. The predicted octanol–water partition coefficient (Wildman–Crippen LogP) is 4.61. The van der Waals surface area contributed by atoms with Crippen LogP contribution < -0.4 is 5.32 Å². The molecule has 8 heteroatoms. The molecule has 0 saturated carbocycles. The molecule has 0 fully saturated rings. The molecule has 134 valence electrons. The molecule has 0 aliphatic rings. The number of carbonyl (C=O) groups excluding carboxylic acids is 1. The van der Waals surface area contributed by atoms with Gasteiger partial charge in [-0.3, -0.25) is 4.79 Å². The van der Waals surface area contributed by atoms with Gasteiger partial charge in [-0.05, 0) is 29.8 Å². The maximum Gasteiger partial charge on any atom is 0.416 e. The Hall–Kier alpha value is -2.51. The van der Waals surface area contributed by atoms with Gasteiger partial charge in [0.05, 0.1) is 5.56 Å². The average Bonchev–Trinajstić information content (AvgIpc) is 2.53. The Labute approximate surface area is 139 Å². The molecule has 0 aromatic heterocycles. The zero-order valence-corrected chi connectivity index (χ0v) is 12.7. The highest BCUT2D eigenvalue weighted by Crippen LogP contribution is 2.29. The van der Waals surface area contributed by atoms with Gasteiger partial charge in [0.1, 0.15) is 6.04 Å². The zero-order chi connectivity index (χ0) is 18.7. The largest absolute Gasteiger partial charge is 0.416 e. The smallest absolute Gasteiger partial charge is 0.340 e. The van der Waals surface area contributed by atoms with Crippen LogP contribution in [0.3, 0.4) is 0 Å². The molecule has 2 rings (SSSR count). The van der Waals surface area contributed by atoms with E-state index >= 15 is 0 Å². The van der Waals surface area contributed by atoms with Gasteiger partial charge in [0.15, 0.2) is 0 Å². The molecule has 1 amide bonds. The Kier molecular flexibility index (Phi) is 5.39. The van der Waals surface area contributed by atoms with E-state index in [9.17, 15) is 31.1 Å². The van der Waals surface area contributed by atoms with Crippen LogP contribution in [-0.2, 0) is 12.6 Å². The second kappa shape index (κ2) is 7.16. The SMILES string of the molecule is O=C(N[C@H](Cc1ccccc1)C(F)(F)F)c1ccc(C(F)(F)F)cc1. The average molecular weight is 361 g/mol. The van der Waals surface area contributed by atoms with Crippen LogP contribution in [0.25, 0.3) is 0 Å². The molecule has 0 saturated heterocycles. The van der Waals surface area contributed by atoms with Crippen LogP contribution in [0.4, 0.5) is 26.3 Å². The summed E-state index contributed by atoms with van der Waals surface area (Å²) in [6.45, 7) is 0. The number of carbonyl (C=O) groups is 1. The van der Waals surface area contributed by atoms with Crippen LogP contribution in [-0.4, -0.2) is 18.1 Å². The highest BCUT2D eigenvalue weighted by atomic mass is 19.4. The summed E-state index contributed by atoms with van der Waals surface area (Å²) < 4.78 is 76.9. The third-order valence-electron chi connectivity index (χ3n) is 3.46. The summed E-state index contributed by atoms with van der Waals surface area (Å²) in [5.74, 6) is -1.09. The zero-order valence-electron chi connectivity index (χ0n) is 12.7. The van der Waals surface area contributed by atoms with Crippen LogP contribution in [0.2, 0.25) is 0 Å². The third-order valence-corrected chi connectivity index (χ3v) is 3.46. The van der Waals surface area contributed by atoms with Crippen LogP contribution >= 0.6 is 0 Å². The van der Waals surface area contributed by atoms with E-state index in [-0.39, 0.29) is 5.56 Å². The molecular weight excluding hydrogens is 348 g/mol. The molecule has 0 spiro atoms. The first-order valence-electron chi connectivity index (χ1n) is 7.16. The molecule has 0 heterocycles. The van der Waals surface area contributed by atoms with E-state index in [1.54, 1.807) is 18.2 Å². The van der Waals surface area contributed by atoms with Crippen LogP contribution in [0.15, 0.2) is 54.6 Å². The third kappa shape index (κ3) is 5.23. The number of rotatable bonds is 4. The molecular formula is C17H13F6NO. The second-order valence-electron chi connectivity index (χ2n) is 5.33. The summed E-state index contributed by atoms with van der Waals surface area (Å²) in [7, 11) is 0. The van der Waals surface area contributed by atoms with E-state index < -0.39 is 36.3 Å². The van der Waals surface area contributed by atoms with Crippen molar-refractivity contribution < 1.29 is 31.1 Å². The molecule has 2 aromatic carbocycles. The van der Waals surface area contributed by atoms with E-state index in [1.165, 1.54) is 12.1 Å². The lowest BCUT2D eigenvalue weighted by atomic mass is 10.0. The minimum absolute atomic E-state index is 0.282. The van der Waals surface area contributed by atoms with Crippen LogP contribution in [0, 0.1) is 0 Å². The molecule has 0 bridgehead atoms. The fourth-order valence-electron chi connectivity index (χ4n) is 2.15. The fourth-order valence-corrected chi connectivity index (χ4v) is 2.15. The Bertz CT molecular complexity index is 707. The lowest BCUT2D eigenvalue weighted by Gasteiger charge is -2.22. The van der Waals surface area contributed by atoms with Gasteiger partial charge < -0.3 is 5.32 Å². The van der Waals surface area contributed by atoms with E-state index in [0.717, 1.165) is 12.1 Å². The molecule has 2 nitrogen and oxygen atoms in total. The number of hydrogen-bond acceptors (Lipinski definition) is 1. The number of alkyl halides is 6. The minimum atomic E-state index is -4.70. The van der Waals surface area contributed by atoms with Crippen molar-refractivity contribution in [1.82, 2.24) is 5.32 Å². The minimum Gasteiger partial charge on any atom is -0.340 e. The first-order chi connectivity index (χ1) is 11.6. The van der Waals surface area contributed by atoms with Crippen molar-refractivity contribution in [2.45, 2.75) is 24.8 Å². The Morgan fingerprint density at radius 1 is 0.880 bits per heavy atom. The molecule has 0 aliphatic heterocycles. The van der Waals surface area contributed by atoms with Crippen molar-refractivity contribution in [1.29, 1.82) is 0 Å². The van der Waals surface area contributed by atoms with Gasteiger partial charge >= 0.3 is 12.4 Å². The molecule has 1 atom stereocenters. The Morgan fingerprint density at radius 2 is 1.44 bits per heavy atom. The Morgan fingerprint density at radius 3 is 1.92 bits per heavy atom. The van der Waals surface area contributed by atoms with Crippen molar-refractivity contribution in [3.8, 4) is 0 Å². The quantitative estimate of drug-likeness (QED) is 0.792. The summed E-state index contributed by atoms with van der Waals surface area (Å²) in [5, 5.41) is 1.83. The first-order valence-corrected chi connectivity index (χ1v) is 7.16. The van der Waals surface area contributed by atoms with Gasteiger partial charge in [-0.25, -0.2) is 0 Å². The van der Waals surface area contributed by atoms with Gasteiger partial charge in [0, 0.05) is 12.0 Å². The van der Waals surface area contributed by atoms with Crippen molar-refractivity contribution in [2.24, 2.45) is 0 Å². The number of hydrogen-bond donors (Lipinski definition) is 1. The van der Waals surface area contributed by atoms with Gasteiger partial charge in [-0.2, -0.15) is 26.3 Å². The molecule has 25 heavy (non-hydrogen) atoms. The van der Waals surface area contributed by atoms with Gasteiger partial charge in [0.2, 0.25) is 0 Å². The number of halogens is 6. The lowest BCUT2D eigenvalue weighted by molar-refractivity contribution is -0.153. The molecule has 0 unspecified atom stereocenters. The van der Waals surface area contributed by atoms with Crippen molar-refractivity contribution in [2.75, 3.05) is 0 Å². The highest BCUT2D eigenvalue weighted by Gasteiger charge is 2.40. The predicted molar refractivity (Wildman–Crippen MR) is 78.9 cm³/mol. The monoisotopic (exact) mass is 361 g/mol.